The number of sulfone groups is 1. The van der Waals surface area contributed by atoms with Crippen LogP contribution in [0.3, 0.4) is 0 Å². The van der Waals surface area contributed by atoms with Gasteiger partial charge in [0.1, 0.15) is 22.2 Å². The number of hydrogen-bond donors (Lipinski definition) is 1. The van der Waals surface area contributed by atoms with Gasteiger partial charge in [0.2, 0.25) is 0 Å². The zero-order valence-electron chi connectivity index (χ0n) is 15.3. The van der Waals surface area contributed by atoms with Crippen LogP contribution in [0.1, 0.15) is 43.0 Å². The monoisotopic (exact) mass is 434 g/mol. The number of halogens is 1. The fourth-order valence-corrected chi connectivity index (χ4v) is 8.42. The summed E-state index contributed by atoms with van der Waals surface area (Å²) in [6, 6.07) is 5.56. The van der Waals surface area contributed by atoms with Crippen LogP contribution in [-0.2, 0) is 15.4 Å². The van der Waals surface area contributed by atoms with Gasteiger partial charge in [-0.1, -0.05) is 24.4 Å². The van der Waals surface area contributed by atoms with Crippen molar-refractivity contribution in [3.63, 3.8) is 0 Å². The van der Waals surface area contributed by atoms with Crippen LogP contribution in [0, 0.1) is 11.3 Å². The predicted octanol–water partition coefficient (Wildman–Crippen LogP) is 3.65. The van der Waals surface area contributed by atoms with E-state index in [0.29, 0.717) is 28.3 Å². The molecular weight excluding hydrogens is 416 g/mol. The molecule has 28 heavy (non-hydrogen) atoms. The number of amidine groups is 1. The number of hydrogen-bond acceptors (Lipinski definition) is 7. The van der Waals surface area contributed by atoms with Gasteiger partial charge in [0.05, 0.1) is 21.2 Å². The number of rotatable bonds is 2. The van der Waals surface area contributed by atoms with Gasteiger partial charge in [-0.15, -0.1) is 11.3 Å². The first-order valence-electron chi connectivity index (χ1n) is 8.94. The van der Waals surface area contributed by atoms with Crippen LogP contribution in [0.15, 0.2) is 29.5 Å². The van der Waals surface area contributed by atoms with Crippen LogP contribution in [0.5, 0.6) is 0 Å². The van der Waals surface area contributed by atoms with Crippen LogP contribution in [0.4, 0.5) is 0 Å². The standard InChI is InChI=1S/C19H19ClN4O2S2/c1-18(11-28(25,26)19(17(22)24-18)4-2-3-5-19)16-14(20)7-15(27-16)13-6-12(8-21)9-23-10-13/h6-7,9-10H,2-5,11H2,1H3,(H2,22,24). The first kappa shape index (κ1) is 19.4. The minimum absolute atomic E-state index is 0.114. The largest absolute Gasteiger partial charge is 0.386 e. The molecule has 0 amide bonds. The summed E-state index contributed by atoms with van der Waals surface area (Å²) in [6.07, 6.45) is 5.91. The third kappa shape index (κ3) is 2.84. The molecule has 1 saturated carbocycles. The van der Waals surface area contributed by atoms with Crippen LogP contribution in [0.2, 0.25) is 5.02 Å². The second-order valence-electron chi connectivity index (χ2n) is 7.59. The molecule has 2 N–H and O–H groups in total. The number of nitrogens with zero attached hydrogens (tertiary/aromatic N) is 3. The summed E-state index contributed by atoms with van der Waals surface area (Å²) in [6.45, 7) is 1.77. The number of aliphatic imine (C=N–C) groups is 1. The maximum atomic E-state index is 13.2. The number of nitrogens with two attached hydrogens (primary N) is 1. The highest BCUT2D eigenvalue weighted by atomic mass is 35.5. The molecule has 146 valence electrons. The Hall–Kier alpha value is -1.95. The van der Waals surface area contributed by atoms with Gasteiger partial charge < -0.3 is 5.73 Å². The fraction of sp³-hybridized carbons (Fsp3) is 0.421. The first-order chi connectivity index (χ1) is 13.2. The molecule has 1 unspecified atom stereocenters. The van der Waals surface area contributed by atoms with Gasteiger partial charge >= 0.3 is 0 Å². The maximum Gasteiger partial charge on any atom is 0.165 e. The molecule has 0 radical (unpaired) electrons. The van der Waals surface area contributed by atoms with Crippen LogP contribution in [0.25, 0.3) is 10.4 Å². The molecule has 6 nitrogen and oxygen atoms in total. The summed E-state index contributed by atoms with van der Waals surface area (Å²) in [7, 11) is -3.47. The van der Waals surface area contributed by atoms with Gasteiger partial charge in [0, 0.05) is 22.8 Å². The maximum absolute atomic E-state index is 13.2. The number of aromatic nitrogens is 1. The topological polar surface area (TPSA) is 109 Å². The molecule has 1 aliphatic heterocycles. The first-order valence-corrected chi connectivity index (χ1v) is 11.8. The van der Waals surface area contributed by atoms with Crippen LogP contribution < -0.4 is 5.73 Å². The van der Waals surface area contributed by atoms with E-state index in [9.17, 15) is 8.42 Å². The van der Waals surface area contributed by atoms with E-state index in [-0.39, 0.29) is 11.6 Å². The Balaban J connectivity index is 1.80. The van der Waals surface area contributed by atoms with Crippen molar-refractivity contribution in [1.82, 2.24) is 4.98 Å². The van der Waals surface area contributed by atoms with E-state index in [4.69, 9.17) is 27.6 Å². The summed E-state index contributed by atoms with van der Waals surface area (Å²) in [5.74, 6) is 0.0922. The van der Waals surface area contributed by atoms with E-state index < -0.39 is 20.1 Å². The summed E-state index contributed by atoms with van der Waals surface area (Å²) < 4.78 is 25.5. The molecule has 1 aliphatic carbocycles. The lowest BCUT2D eigenvalue weighted by Crippen LogP contribution is -2.56. The Kier molecular flexibility index (Phi) is 4.53. The highest BCUT2D eigenvalue weighted by Gasteiger charge is 2.56. The second kappa shape index (κ2) is 6.55. The molecule has 0 aromatic carbocycles. The lowest BCUT2D eigenvalue weighted by molar-refractivity contribution is 0.495. The second-order valence-corrected chi connectivity index (χ2v) is 11.4. The Bertz CT molecular complexity index is 1130. The van der Waals surface area contributed by atoms with Gasteiger partial charge in [0.15, 0.2) is 9.84 Å². The lowest BCUT2D eigenvalue weighted by Gasteiger charge is -2.39. The van der Waals surface area contributed by atoms with Crippen molar-refractivity contribution in [2.45, 2.75) is 42.9 Å². The fourth-order valence-electron chi connectivity index (χ4n) is 4.21. The molecule has 1 atom stereocenters. The molecule has 9 heteroatoms. The SMILES string of the molecule is CC1(c2sc(-c3cncc(C#N)c3)cc2Cl)CS(=O)(=O)C2(CCCC2)C(N)=N1. The van der Waals surface area contributed by atoms with Gasteiger partial charge in [0.25, 0.3) is 0 Å². The minimum atomic E-state index is -3.47. The molecule has 2 aliphatic rings. The average molecular weight is 435 g/mol. The summed E-state index contributed by atoms with van der Waals surface area (Å²) in [5.41, 5.74) is 6.42. The van der Waals surface area contributed by atoms with Crippen molar-refractivity contribution in [3.05, 3.63) is 40.0 Å². The van der Waals surface area contributed by atoms with Crippen molar-refractivity contribution in [1.29, 1.82) is 5.26 Å². The number of thiophene rings is 1. The van der Waals surface area contributed by atoms with Gasteiger partial charge in [-0.3, -0.25) is 9.98 Å². The Morgan fingerprint density at radius 2 is 2.00 bits per heavy atom. The zero-order chi connectivity index (χ0) is 20.2. The third-order valence-corrected chi connectivity index (χ3v) is 10.2. The van der Waals surface area contributed by atoms with Crippen molar-refractivity contribution < 1.29 is 8.42 Å². The Labute approximate surface area is 173 Å². The summed E-state index contributed by atoms with van der Waals surface area (Å²) in [4.78, 5) is 10.2. The molecule has 0 saturated heterocycles. The number of nitriles is 1. The van der Waals surface area contributed by atoms with Gasteiger partial charge in [-0.05, 0) is 31.9 Å². The molecule has 0 bridgehead atoms. The Morgan fingerprint density at radius 1 is 1.29 bits per heavy atom. The summed E-state index contributed by atoms with van der Waals surface area (Å²) >= 11 is 7.87. The van der Waals surface area contributed by atoms with Crippen molar-refractivity contribution >= 4 is 38.6 Å². The zero-order valence-corrected chi connectivity index (χ0v) is 17.7. The lowest BCUT2D eigenvalue weighted by atomic mass is 10.00. The van der Waals surface area contributed by atoms with Crippen LogP contribution in [-0.4, -0.2) is 29.7 Å². The highest BCUT2D eigenvalue weighted by Crippen LogP contribution is 2.49. The van der Waals surface area contributed by atoms with E-state index >= 15 is 0 Å². The van der Waals surface area contributed by atoms with Gasteiger partial charge in [-0.25, -0.2) is 8.42 Å². The van der Waals surface area contributed by atoms with E-state index in [1.807, 2.05) is 0 Å². The van der Waals surface area contributed by atoms with Crippen molar-refractivity contribution in [2.75, 3.05) is 5.75 Å². The smallest absolute Gasteiger partial charge is 0.165 e. The van der Waals surface area contributed by atoms with E-state index in [0.717, 1.165) is 23.3 Å². The molecular formula is C19H19ClN4O2S2. The molecule has 4 rings (SSSR count). The normalized spacial score (nSPS) is 25.4. The quantitative estimate of drug-likeness (QED) is 0.775. The summed E-state index contributed by atoms with van der Waals surface area (Å²) in [5, 5.41) is 9.53. The molecule has 1 spiro atoms. The minimum Gasteiger partial charge on any atom is -0.386 e. The highest BCUT2D eigenvalue weighted by molar-refractivity contribution is 7.93. The van der Waals surface area contributed by atoms with Crippen molar-refractivity contribution in [2.24, 2.45) is 10.7 Å². The average Bonchev–Trinajstić information content (AvgIpc) is 3.28. The molecule has 1 fully saturated rings. The third-order valence-electron chi connectivity index (χ3n) is 5.64. The van der Waals surface area contributed by atoms with Crippen molar-refractivity contribution in [3.8, 4) is 16.5 Å². The molecule has 2 aromatic heterocycles. The van der Waals surface area contributed by atoms with E-state index in [2.05, 4.69) is 11.1 Å². The van der Waals surface area contributed by atoms with E-state index in [1.54, 1.807) is 25.3 Å². The Morgan fingerprint density at radius 3 is 2.64 bits per heavy atom. The van der Waals surface area contributed by atoms with Crippen LogP contribution >= 0.6 is 22.9 Å². The van der Waals surface area contributed by atoms with E-state index in [1.165, 1.54) is 17.5 Å². The molecule has 3 heterocycles. The predicted molar refractivity (Wildman–Crippen MR) is 111 cm³/mol. The molecule has 2 aromatic rings. The van der Waals surface area contributed by atoms with Gasteiger partial charge in [-0.2, -0.15) is 5.26 Å². The number of pyridine rings is 1.